The van der Waals surface area contributed by atoms with Crippen molar-refractivity contribution in [3.05, 3.63) is 77.2 Å². The minimum Gasteiger partial charge on any atom is -0.364 e. The Morgan fingerprint density at radius 3 is 2.35 bits per heavy atom. The number of hydrogen-bond donors (Lipinski definition) is 1. The number of rotatable bonds is 7. The Morgan fingerprint density at radius 1 is 1.19 bits per heavy atom. The Kier molecular flexibility index (Phi) is 6.39. The predicted octanol–water partition coefficient (Wildman–Crippen LogP) is 5.69. The first-order valence-electron chi connectivity index (χ1n) is 10.4. The molecular weight excluding hydrogens is 391 g/mol. The average molecular weight is 421 g/mol. The molecule has 5 nitrogen and oxygen atoms in total. The van der Waals surface area contributed by atoms with Crippen molar-refractivity contribution >= 4 is 12.1 Å². The molecule has 2 aromatic rings. The molecule has 1 aliphatic carbocycles. The van der Waals surface area contributed by atoms with E-state index in [1.165, 1.54) is 16.8 Å². The largest absolute Gasteiger partial charge is 0.364 e. The summed E-state index contributed by atoms with van der Waals surface area (Å²) in [7, 11) is 0. The van der Waals surface area contributed by atoms with Gasteiger partial charge in [-0.1, -0.05) is 24.3 Å². The molecule has 0 radical (unpaired) electrons. The van der Waals surface area contributed by atoms with Gasteiger partial charge in [-0.25, -0.2) is 14.1 Å². The topological polar surface area (TPSA) is 59.3 Å². The molecule has 0 atom stereocenters. The number of halogens is 1. The summed E-state index contributed by atoms with van der Waals surface area (Å²) in [5.41, 5.74) is 4.29. The first-order chi connectivity index (χ1) is 14.6. The van der Waals surface area contributed by atoms with E-state index in [1.54, 1.807) is 30.7 Å². The highest BCUT2D eigenvalue weighted by Crippen LogP contribution is 2.37. The Morgan fingerprint density at radius 2 is 1.84 bits per heavy atom. The van der Waals surface area contributed by atoms with Crippen molar-refractivity contribution in [2.45, 2.75) is 53.0 Å². The van der Waals surface area contributed by atoms with E-state index in [0.29, 0.717) is 17.0 Å². The van der Waals surface area contributed by atoms with Crippen LogP contribution < -0.4 is 5.32 Å². The molecule has 0 aliphatic heterocycles. The molecule has 3 rings (SSSR count). The molecule has 0 unspecified atom stereocenters. The smallest absolute Gasteiger partial charge is 0.278 e. The second-order valence-corrected chi connectivity index (χ2v) is 8.44. The van der Waals surface area contributed by atoms with E-state index in [-0.39, 0.29) is 17.3 Å². The van der Waals surface area contributed by atoms with Crippen molar-refractivity contribution in [3.63, 3.8) is 0 Å². The van der Waals surface area contributed by atoms with Crippen LogP contribution in [0.5, 0.6) is 0 Å². The number of carbonyl (C=O) groups excluding carboxylic acids is 1. The lowest BCUT2D eigenvalue weighted by atomic mass is 9.95. The second-order valence-electron chi connectivity index (χ2n) is 8.44. The number of nitrogens with zero attached hydrogens (tertiary/aromatic N) is 3. The van der Waals surface area contributed by atoms with Gasteiger partial charge in [0.15, 0.2) is 0 Å². The molecule has 1 heterocycles. The predicted molar refractivity (Wildman–Crippen MR) is 123 cm³/mol. The fourth-order valence-electron chi connectivity index (χ4n) is 3.33. The van der Waals surface area contributed by atoms with Crippen molar-refractivity contribution in [1.82, 2.24) is 15.1 Å². The minimum atomic E-state index is -0.309. The summed E-state index contributed by atoms with van der Waals surface area (Å²) >= 11 is 0. The van der Waals surface area contributed by atoms with Crippen LogP contribution in [0.15, 0.2) is 76.3 Å². The lowest BCUT2D eigenvalue weighted by Gasteiger charge is -2.21. The number of allylic oxidation sites excluding steroid dienone is 4. The van der Waals surface area contributed by atoms with Crippen molar-refractivity contribution in [3.8, 4) is 11.1 Å². The van der Waals surface area contributed by atoms with Gasteiger partial charge in [0.05, 0.1) is 11.8 Å². The zero-order valence-corrected chi connectivity index (χ0v) is 18.8. The van der Waals surface area contributed by atoms with Crippen LogP contribution in [0.1, 0.15) is 52.3 Å². The molecule has 6 heteroatoms. The van der Waals surface area contributed by atoms with E-state index in [4.69, 9.17) is 0 Å². The Hall–Kier alpha value is -3.28. The van der Waals surface area contributed by atoms with Gasteiger partial charge in [0, 0.05) is 29.1 Å². The molecule has 0 amide bonds. The first-order valence-corrected chi connectivity index (χ1v) is 10.4. The highest BCUT2D eigenvalue weighted by Gasteiger charge is 2.38. The van der Waals surface area contributed by atoms with Crippen molar-refractivity contribution in [1.29, 1.82) is 0 Å². The Bertz CT molecular complexity index is 1090. The maximum absolute atomic E-state index is 13.5. The number of carbonyl (C=O) groups is 1. The number of aromatic nitrogens is 2. The van der Waals surface area contributed by atoms with Crippen LogP contribution in [0.3, 0.4) is 0 Å². The highest BCUT2D eigenvalue weighted by molar-refractivity contribution is 6.01. The quantitative estimate of drug-likeness (QED) is 0.356. The van der Waals surface area contributed by atoms with E-state index in [0.717, 1.165) is 35.1 Å². The van der Waals surface area contributed by atoms with Crippen LogP contribution in [0.25, 0.3) is 11.1 Å². The zero-order chi connectivity index (χ0) is 22.8. The molecule has 0 bridgehead atoms. The maximum atomic E-state index is 13.5. The number of aliphatic imine (C=N–C) groups is 1. The summed E-state index contributed by atoms with van der Waals surface area (Å²) in [6, 6.07) is 6.10. The molecule has 1 aliphatic rings. The van der Waals surface area contributed by atoms with E-state index in [2.05, 4.69) is 28.9 Å². The number of hydrogen-bond acceptors (Lipinski definition) is 4. The molecule has 31 heavy (non-hydrogen) atoms. The summed E-state index contributed by atoms with van der Waals surface area (Å²) in [6.45, 7) is 13.8. The van der Waals surface area contributed by atoms with Gasteiger partial charge in [-0.05, 0) is 70.7 Å². The van der Waals surface area contributed by atoms with Crippen LogP contribution in [-0.2, 0) is 0 Å². The third-order valence-electron chi connectivity index (χ3n) is 5.27. The Labute approximate surface area is 183 Å². The Balaban J connectivity index is 2.05. The minimum absolute atomic E-state index is 0.0141. The van der Waals surface area contributed by atoms with Gasteiger partial charge in [0.25, 0.3) is 5.91 Å². The third kappa shape index (κ3) is 5.08. The molecular formula is C25H29FN4O. The number of benzene rings is 1. The highest BCUT2D eigenvalue weighted by atomic mass is 19.1. The molecule has 1 fully saturated rings. The summed E-state index contributed by atoms with van der Waals surface area (Å²) in [5, 5.41) is 7.78. The van der Waals surface area contributed by atoms with Crippen molar-refractivity contribution in [2.24, 2.45) is 4.99 Å². The monoisotopic (exact) mass is 420 g/mol. The average Bonchev–Trinajstić information content (AvgIpc) is 3.23. The summed E-state index contributed by atoms with van der Waals surface area (Å²) in [4.78, 5) is 18.1. The molecule has 1 saturated carbocycles. The van der Waals surface area contributed by atoms with Gasteiger partial charge in [0.1, 0.15) is 11.6 Å². The fraction of sp³-hybridized carbons (Fsp3) is 0.320. The van der Waals surface area contributed by atoms with Crippen LogP contribution in [0, 0.1) is 5.82 Å². The van der Waals surface area contributed by atoms with Crippen LogP contribution in [-0.4, -0.2) is 27.4 Å². The van der Waals surface area contributed by atoms with Gasteiger partial charge in [-0.3, -0.25) is 4.79 Å². The zero-order valence-electron chi connectivity index (χ0n) is 18.8. The van der Waals surface area contributed by atoms with Crippen molar-refractivity contribution in [2.75, 3.05) is 0 Å². The molecule has 162 valence electrons. The van der Waals surface area contributed by atoms with Crippen LogP contribution >= 0.6 is 0 Å². The molecule has 0 spiro atoms. The van der Waals surface area contributed by atoms with E-state index in [9.17, 15) is 9.18 Å². The first kappa shape index (κ1) is 22.4. The SMILES string of the molecule is C=C(C)/C(C(C(=O)n1cc(-c2ccc(F)cc2)cn1)=C(C)C)=C(\N=CC)NC1(C)CC1. The lowest BCUT2D eigenvalue weighted by Crippen LogP contribution is -2.29. The van der Waals surface area contributed by atoms with E-state index in [1.807, 2.05) is 27.7 Å². The van der Waals surface area contributed by atoms with Gasteiger partial charge in [-0.2, -0.15) is 5.10 Å². The van der Waals surface area contributed by atoms with Crippen LogP contribution in [0.2, 0.25) is 0 Å². The molecule has 0 saturated heterocycles. The van der Waals surface area contributed by atoms with Gasteiger partial charge < -0.3 is 5.32 Å². The summed E-state index contributed by atoms with van der Waals surface area (Å²) in [6.07, 6.45) is 7.08. The molecule has 1 N–H and O–H groups in total. The van der Waals surface area contributed by atoms with Gasteiger partial charge in [0.2, 0.25) is 0 Å². The van der Waals surface area contributed by atoms with Crippen molar-refractivity contribution < 1.29 is 9.18 Å². The van der Waals surface area contributed by atoms with E-state index >= 15 is 0 Å². The summed E-state index contributed by atoms with van der Waals surface area (Å²) in [5.74, 6) is 0.0690. The van der Waals surface area contributed by atoms with E-state index < -0.39 is 0 Å². The van der Waals surface area contributed by atoms with Crippen LogP contribution in [0.4, 0.5) is 4.39 Å². The maximum Gasteiger partial charge on any atom is 0.278 e. The van der Waals surface area contributed by atoms with Gasteiger partial charge in [-0.15, -0.1) is 0 Å². The second kappa shape index (κ2) is 8.84. The van der Waals surface area contributed by atoms with Gasteiger partial charge >= 0.3 is 0 Å². The normalized spacial score (nSPS) is 15.4. The fourth-order valence-corrected chi connectivity index (χ4v) is 3.33. The third-order valence-corrected chi connectivity index (χ3v) is 5.27. The standard InChI is InChI=1S/C25H29FN4O/c1-7-27-23(29-25(6)12-13-25)21(16(2)3)22(17(4)5)24(31)30-15-19(14-28-30)18-8-10-20(26)11-9-18/h7-11,14-15,29H,2,12-13H2,1,3-6H3/b23-21-,27-7?. The molecule has 1 aromatic carbocycles. The molecule has 1 aromatic heterocycles. The summed E-state index contributed by atoms with van der Waals surface area (Å²) < 4.78 is 14.6. The lowest BCUT2D eigenvalue weighted by molar-refractivity contribution is 0.0941. The number of nitrogens with one attached hydrogen (secondary N) is 1.